The second-order valence-corrected chi connectivity index (χ2v) is 6.27. The standard InChI is InChI=1S/C16H20ClN3O3/c1-16(2,14(21)8-5-9-20-11-18-10-19-20)15(22)23-13-7-4-3-6-12(13)17/h3-4,6-7,10-11,14,21H,5,8-9H2,1-2H3. The molecule has 0 spiro atoms. The fourth-order valence-corrected chi connectivity index (χ4v) is 2.22. The van der Waals surface area contributed by atoms with Gasteiger partial charge in [0.15, 0.2) is 0 Å². The van der Waals surface area contributed by atoms with Gasteiger partial charge in [-0.2, -0.15) is 5.10 Å². The first-order valence-corrected chi connectivity index (χ1v) is 7.76. The maximum atomic E-state index is 12.4. The number of benzene rings is 1. The van der Waals surface area contributed by atoms with Crippen LogP contribution in [0.3, 0.4) is 0 Å². The summed E-state index contributed by atoms with van der Waals surface area (Å²) < 4.78 is 7.01. The molecule has 2 aromatic rings. The number of carbonyl (C=O) groups is 1. The smallest absolute Gasteiger partial charge is 0.319 e. The van der Waals surface area contributed by atoms with E-state index < -0.39 is 17.5 Å². The van der Waals surface area contributed by atoms with Crippen molar-refractivity contribution in [1.82, 2.24) is 14.8 Å². The SMILES string of the molecule is CC(C)(C(=O)Oc1ccccc1Cl)C(O)CCCn1cncn1. The Labute approximate surface area is 140 Å². The molecule has 7 heteroatoms. The number of para-hydroxylation sites is 1. The Bertz CT molecular complexity index is 644. The first-order chi connectivity index (χ1) is 10.9. The molecule has 1 unspecified atom stereocenters. The summed E-state index contributed by atoms with van der Waals surface area (Å²) in [6.07, 6.45) is 3.36. The number of aliphatic hydroxyl groups is 1. The number of aryl methyl sites for hydroxylation is 1. The maximum Gasteiger partial charge on any atom is 0.319 e. The van der Waals surface area contributed by atoms with Crippen LogP contribution in [0.5, 0.6) is 5.75 Å². The Morgan fingerprint density at radius 3 is 2.83 bits per heavy atom. The number of hydrogen-bond acceptors (Lipinski definition) is 5. The number of carbonyl (C=O) groups excluding carboxylic acids is 1. The van der Waals surface area contributed by atoms with E-state index in [9.17, 15) is 9.90 Å². The van der Waals surface area contributed by atoms with Gasteiger partial charge in [-0.25, -0.2) is 4.98 Å². The van der Waals surface area contributed by atoms with E-state index in [0.29, 0.717) is 30.2 Å². The lowest BCUT2D eigenvalue weighted by Gasteiger charge is -2.28. The van der Waals surface area contributed by atoms with Crippen molar-refractivity contribution in [1.29, 1.82) is 0 Å². The number of aromatic nitrogens is 3. The Balaban J connectivity index is 1.90. The quantitative estimate of drug-likeness (QED) is 0.621. The van der Waals surface area contributed by atoms with Gasteiger partial charge in [0.05, 0.1) is 16.5 Å². The largest absolute Gasteiger partial charge is 0.424 e. The third-order valence-corrected chi connectivity index (χ3v) is 4.04. The van der Waals surface area contributed by atoms with Crippen molar-refractivity contribution in [2.45, 2.75) is 39.3 Å². The molecule has 0 amide bonds. The molecule has 1 heterocycles. The number of ether oxygens (including phenoxy) is 1. The average Bonchev–Trinajstić information content (AvgIpc) is 3.02. The van der Waals surface area contributed by atoms with Crippen molar-refractivity contribution >= 4 is 17.6 Å². The van der Waals surface area contributed by atoms with E-state index in [2.05, 4.69) is 10.1 Å². The summed E-state index contributed by atoms with van der Waals surface area (Å²) in [6.45, 7) is 3.95. The number of rotatable bonds is 7. The van der Waals surface area contributed by atoms with Crippen LogP contribution in [0, 0.1) is 5.41 Å². The van der Waals surface area contributed by atoms with Crippen LogP contribution in [0.15, 0.2) is 36.9 Å². The minimum atomic E-state index is -1.04. The number of hydrogen-bond donors (Lipinski definition) is 1. The maximum absolute atomic E-state index is 12.4. The van der Waals surface area contributed by atoms with Crippen LogP contribution in [0.2, 0.25) is 5.02 Å². The summed E-state index contributed by atoms with van der Waals surface area (Å²) in [4.78, 5) is 16.2. The van der Waals surface area contributed by atoms with E-state index in [4.69, 9.17) is 16.3 Å². The molecule has 124 valence electrons. The molecule has 23 heavy (non-hydrogen) atoms. The van der Waals surface area contributed by atoms with Gasteiger partial charge >= 0.3 is 5.97 Å². The molecular weight excluding hydrogens is 318 g/mol. The summed E-state index contributed by atoms with van der Waals surface area (Å²) >= 11 is 5.98. The average molecular weight is 338 g/mol. The second kappa shape index (κ2) is 7.57. The molecule has 0 fully saturated rings. The number of nitrogens with zero attached hydrogens (tertiary/aromatic N) is 3. The summed E-state index contributed by atoms with van der Waals surface area (Å²) in [5, 5.41) is 14.7. The van der Waals surface area contributed by atoms with Crippen LogP contribution >= 0.6 is 11.6 Å². The predicted octanol–water partition coefficient (Wildman–Crippen LogP) is 2.70. The number of aliphatic hydroxyl groups excluding tert-OH is 1. The van der Waals surface area contributed by atoms with Crippen LogP contribution < -0.4 is 4.74 Å². The zero-order chi connectivity index (χ0) is 16.9. The molecule has 1 atom stereocenters. The van der Waals surface area contributed by atoms with Crippen LogP contribution in [0.25, 0.3) is 0 Å². The van der Waals surface area contributed by atoms with Gasteiger partial charge in [-0.05, 0) is 38.8 Å². The molecule has 1 N–H and O–H groups in total. The molecule has 0 aliphatic rings. The highest BCUT2D eigenvalue weighted by Gasteiger charge is 2.37. The van der Waals surface area contributed by atoms with Crippen molar-refractivity contribution in [3.05, 3.63) is 41.9 Å². The molecule has 0 aliphatic heterocycles. The first-order valence-electron chi connectivity index (χ1n) is 7.38. The Morgan fingerprint density at radius 2 is 2.17 bits per heavy atom. The van der Waals surface area contributed by atoms with Gasteiger partial charge in [0.1, 0.15) is 18.4 Å². The minimum absolute atomic E-state index is 0.294. The molecule has 1 aromatic heterocycles. The molecular formula is C16H20ClN3O3. The summed E-state index contributed by atoms with van der Waals surface area (Å²) in [5.74, 6) is -0.221. The lowest BCUT2D eigenvalue weighted by molar-refractivity contribution is -0.150. The first kappa shape index (κ1) is 17.4. The van der Waals surface area contributed by atoms with E-state index in [-0.39, 0.29) is 0 Å². The Hall–Kier alpha value is -1.92. The van der Waals surface area contributed by atoms with Crippen LogP contribution in [0.4, 0.5) is 0 Å². The van der Waals surface area contributed by atoms with Crippen molar-refractivity contribution in [3.63, 3.8) is 0 Å². The predicted molar refractivity (Wildman–Crippen MR) is 86.1 cm³/mol. The number of esters is 1. The molecule has 0 saturated heterocycles. The third-order valence-electron chi connectivity index (χ3n) is 3.73. The van der Waals surface area contributed by atoms with Gasteiger partial charge in [-0.1, -0.05) is 23.7 Å². The van der Waals surface area contributed by atoms with Crippen LogP contribution in [-0.2, 0) is 11.3 Å². The van der Waals surface area contributed by atoms with Gasteiger partial charge in [-0.15, -0.1) is 0 Å². The lowest BCUT2D eigenvalue weighted by atomic mass is 9.84. The summed E-state index contributed by atoms with van der Waals surface area (Å²) in [5.41, 5.74) is -1.04. The van der Waals surface area contributed by atoms with Gasteiger partial charge < -0.3 is 9.84 Å². The highest BCUT2D eigenvalue weighted by Crippen LogP contribution is 2.30. The van der Waals surface area contributed by atoms with E-state index in [1.165, 1.54) is 6.33 Å². The van der Waals surface area contributed by atoms with E-state index in [1.54, 1.807) is 49.1 Å². The molecule has 2 rings (SSSR count). The molecule has 6 nitrogen and oxygen atoms in total. The highest BCUT2D eigenvalue weighted by atomic mass is 35.5. The molecule has 0 radical (unpaired) electrons. The third kappa shape index (κ3) is 4.53. The summed E-state index contributed by atoms with van der Waals surface area (Å²) in [6, 6.07) is 6.75. The highest BCUT2D eigenvalue weighted by molar-refractivity contribution is 6.32. The second-order valence-electron chi connectivity index (χ2n) is 5.86. The Morgan fingerprint density at radius 1 is 1.43 bits per heavy atom. The fraction of sp³-hybridized carbons (Fsp3) is 0.438. The molecule has 0 saturated carbocycles. The Kier molecular flexibility index (Phi) is 5.74. The zero-order valence-electron chi connectivity index (χ0n) is 13.1. The topological polar surface area (TPSA) is 77.2 Å². The fourth-order valence-electron chi connectivity index (χ4n) is 2.05. The van der Waals surface area contributed by atoms with E-state index in [0.717, 1.165) is 0 Å². The van der Waals surface area contributed by atoms with Crippen molar-refractivity contribution in [3.8, 4) is 5.75 Å². The van der Waals surface area contributed by atoms with Gasteiger partial charge in [0.25, 0.3) is 0 Å². The molecule has 1 aromatic carbocycles. The van der Waals surface area contributed by atoms with E-state index in [1.807, 2.05) is 0 Å². The van der Waals surface area contributed by atoms with Gasteiger partial charge in [-0.3, -0.25) is 9.48 Å². The van der Waals surface area contributed by atoms with Crippen LogP contribution in [0.1, 0.15) is 26.7 Å². The summed E-state index contributed by atoms with van der Waals surface area (Å²) in [7, 11) is 0. The normalized spacial score (nSPS) is 12.9. The van der Waals surface area contributed by atoms with E-state index >= 15 is 0 Å². The number of halogens is 1. The monoisotopic (exact) mass is 337 g/mol. The molecule has 0 bridgehead atoms. The van der Waals surface area contributed by atoms with Gasteiger partial charge in [0.2, 0.25) is 0 Å². The minimum Gasteiger partial charge on any atom is -0.424 e. The molecule has 0 aliphatic carbocycles. The van der Waals surface area contributed by atoms with Crippen LogP contribution in [-0.4, -0.2) is 31.9 Å². The van der Waals surface area contributed by atoms with Crippen molar-refractivity contribution in [2.75, 3.05) is 0 Å². The van der Waals surface area contributed by atoms with Gasteiger partial charge in [0, 0.05) is 6.54 Å². The zero-order valence-corrected chi connectivity index (χ0v) is 13.9. The van der Waals surface area contributed by atoms with Crippen molar-refractivity contribution in [2.24, 2.45) is 5.41 Å². The lowest BCUT2D eigenvalue weighted by Crippen LogP contribution is -2.40. The van der Waals surface area contributed by atoms with Crippen molar-refractivity contribution < 1.29 is 14.6 Å².